The number of carbonyl (C=O) groups is 1. The van der Waals surface area contributed by atoms with Crippen molar-refractivity contribution in [2.24, 2.45) is 0 Å². The third-order valence-electron chi connectivity index (χ3n) is 2.62. The summed E-state index contributed by atoms with van der Waals surface area (Å²) in [6.07, 6.45) is 1.04. The highest BCUT2D eigenvalue weighted by atomic mass is 16.7. The fraction of sp³-hybridized carbons (Fsp3) is 0.909. The Bertz CT molecular complexity index is 217. The molecule has 1 saturated heterocycles. The zero-order valence-corrected chi connectivity index (χ0v) is 9.91. The van der Waals surface area contributed by atoms with E-state index in [4.69, 9.17) is 14.2 Å². The first-order chi connectivity index (χ1) is 6.97. The van der Waals surface area contributed by atoms with Gasteiger partial charge in [0.1, 0.15) is 0 Å². The third kappa shape index (κ3) is 3.47. The predicted octanol–water partition coefficient (Wildman–Crippen LogP) is 1.87. The summed E-state index contributed by atoms with van der Waals surface area (Å²) < 4.78 is 16.2. The summed E-state index contributed by atoms with van der Waals surface area (Å²) in [5, 5.41) is 0. The van der Waals surface area contributed by atoms with Crippen molar-refractivity contribution in [3.05, 3.63) is 0 Å². The zero-order valence-electron chi connectivity index (χ0n) is 9.91. The Hall–Kier alpha value is -0.610. The molecule has 15 heavy (non-hydrogen) atoms. The fourth-order valence-corrected chi connectivity index (χ4v) is 1.69. The first-order valence-corrected chi connectivity index (χ1v) is 5.48. The molecule has 2 atom stereocenters. The Morgan fingerprint density at radius 3 is 2.33 bits per heavy atom. The molecule has 0 aromatic carbocycles. The Kier molecular flexibility index (Phi) is 4.11. The van der Waals surface area contributed by atoms with E-state index in [0.29, 0.717) is 19.4 Å². The number of carbonyl (C=O) groups excluding carboxylic acids is 1. The molecule has 4 heteroatoms. The quantitative estimate of drug-likeness (QED) is 0.673. The molecule has 0 aromatic heterocycles. The van der Waals surface area contributed by atoms with E-state index in [2.05, 4.69) is 0 Å². The molecule has 0 spiro atoms. The van der Waals surface area contributed by atoms with E-state index in [9.17, 15) is 4.79 Å². The van der Waals surface area contributed by atoms with Crippen LogP contribution in [-0.2, 0) is 19.0 Å². The SMILES string of the molecule is CCOC(=O)CCC1(C)O[C@@H](C)[C@H](C)O1. The van der Waals surface area contributed by atoms with E-state index in [0.717, 1.165) is 0 Å². The summed E-state index contributed by atoms with van der Waals surface area (Å²) in [4.78, 5) is 11.2. The van der Waals surface area contributed by atoms with Crippen LogP contribution in [0.15, 0.2) is 0 Å². The Morgan fingerprint density at radius 1 is 1.33 bits per heavy atom. The van der Waals surface area contributed by atoms with Crippen LogP contribution < -0.4 is 0 Å². The van der Waals surface area contributed by atoms with Gasteiger partial charge in [0.05, 0.1) is 25.2 Å². The fourth-order valence-electron chi connectivity index (χ4n) is 1.69. The van der Waals surface area contributed by atoms with E-state index < -0.39 is 5.79 Å². The first-order valence-electron chi connectivity index (χ1n) is 5.48. The summed E-state index contributed by atoms with van der Waals surface area (Å²) in [5.41, 5.74) is 0. The van der Waals surface area contributed by atoms with Crippen molar-refractivity contribution in [2.45, 2.75) is 58.5 Å². The lowest BCUT2D eigenvalue weighted by Crippen LogP contribution is -2.27. The van der Waals surface area contributed by atoms with E-state index in [-0.39, 0.29) is 18.2 Å². The first kappa shape index (κ1) is 12.5. The average Bonchev–Trinajstić information content (AvgIpc) is 2.39. The predicted molar refractivity (Wildman–Crippen MR) is 55.4 cm³/mol. The number of hydrogen-bond acceptors (Lipinski definition) is 4. The average molecular weight is 216 g/mol. The molecule has 1 aliphatic rings. The highest BCUT2D eigenvalue weighted by Gasteiger charge is 2.40. The van der Waals surface area contributed by atoms with Crippen LogP contribution in [0.4, 0.5) is 0 Å². The summed E-state index contributed by atoms with van der Waals surface area (Å²) in [5.74, 6) is -0.830. The molecule has 1 heterocycles. The number of rotatable bonds is 4. The van der Waals surface area contributed by atoms with Gasteiger partial charge in [0.15, 0.2) is 5.79 Å². The Morgan fingerprint density at radius 2 is 1.87 bits per heavy atom. The van der Waals surface area contributed by atoms with Gasteiger partial charge in [-0.2, -0.15) is 0 Å². The van der Waals surface area contributed by atoms with Crippen molar-refractivity contribution in [1.82, 2.24) is 0 Å². The molecule has 0 aliphatic carbocycles. The third-order valence-corrected chi connectivity index (χ3v) is 2.62. The van der Waals surface area contributed by atoms with Crippen LogP contribution in [0.2, 0.25) is 0 Å². The summed E-state index contributed by atoms with van der Waals surface area (Å²) >= 11 is 0. The summed E-state index contributed by atoms with van der Waals surface area (Å²) in [6, 6.07) is 0. The summed E-state index contributed by atoms with van der Waals surface area (Å²) in [7, 11) is 0. The van der Waals surface area contributed by atoms with Gasteiger partial charge in [0.25, 0.3) is 0 Å². The molecule has 0 radical (unpaired) electrons. The number of ether oxygens (including phenoxy) is 3. The van der Waals surface area contributed by atoms with Crippen LogP contribution >= 0.6 is 0 Å². The van der Waals surface area contributed by atoms with E-state index in [1.807, 2.05) is 20.8 Å². The molecule has 0 unspecified atom stereocenters. The second-order valence-electron chi connectivity index (χ2n) is 4.08. The molecule has 0 amide bonds. The van der Waals surface area contributed by atoms with Crippen LogP contribution in [0.3, 0.4) is 0 Å². The van der Waals surface area contributed by atoms with Crippen LogP contribution in [0.25, 0.3) is 0 Å². The van der Waals surface area contributed by atoms with Crippen molar-refractivity contribution in [1.29, 1.82) is 0 Å². The lowest BCUT2D eigenvalue weighted by Gasteiger charge is -2.22. The van der Waals surface area contributed by atoms with Gasteiger partial charge in [-0.1, -0.05) is 0 Å². The molecule has 0 aromatic rings. The van der Waals surface area contributed by atoms with Gasteiger partial charge in [0, 0.05) is 6.42 Å². The van der Waals surface area contributed by atoms with Crippen molar-refractivity contribution in [3.8, 4) is 0 Å². The number of hydrogen-bond donors (Lipinski definition) is 0. The normalized spacial score (nSPS) is 29.1. The maximum Gasteiger partial charge on any atom is 0.305 e. The van der Waals surface area contributed by atoms with Crippen LogP contribution in [-0.4, -0.2) is 30.6 Å². The van der Waals surface area contributed by atoms with Crippen molar-refractivity contribution in [3.63, 3.8) is 0 Å². The monoisotopic (exact) mass is 216 g/mol. The topological polar surface area (TPSA) is 44.8 Å². The van der Waals surface area contributed by atoms with E-state index >= 15 is 0 Å². The van der Waals surface area contributed by atoms with Crippen molar-refractivity contribution in [2.75, 3.05) is 6.61 Å². The lowest BCUT2D eigenvalue weighted by atomic mass is 10.2. The molecular weight excluding hydrogens is 196 g/mol. The maximum atomic E-state index is 11.2. The largest absolute Gasteiger partial charge is 0.466 e. The minimum absolute atomic E-state index is 0.0807. The van der Waals surface area contributed by atoms with Gasteiger partial charge in [0.2, 0.25) is 0 Å². The van der Waals surface area contributed by atoms with Crippen LogP contribution in [0, 0.1) is 0 Å². The molecule has 1 rings (SSSR count). The van der Waals surface area contributed by atoms with Crippen molar-refractivity contribution >= 4 is 5.97 Å². The molecule has 4 nitrogen and oxygen atoms in total. The molecule has 88 valence electrons. The number of esters is 1. The highest BCUT2D eigenvalue weighted by Crippen LogP contribution is 2.31. The van der Waals surface area contributed by atoms with Crippen molar-refractivity contribution < 1.29 is 19.0 Å². The molecule has 1 aliphatic heterocycles. The minimum atomic E-state index is -0.633. The maximum absolute atomic E-state index is 11.2. The second-order valence-corrected chi connectivity index (χ2v) is 4.08. The minimum Gasteiger partial charge on any atom is -0.466 e. The smallest absolute Gasteiger partial charge is 0.305 e. The van der Waals surface area contributed by atoms with Gasteiger partial charge < -0.3 is 14.2 Å². The van der Waals surface area contributed by atoms with Gasteiger partial charge >= 0.3 is 5.97 Å². The Labute approximate surface area is 90.9 Å². The van der Waals surface area contributed by atoms with Gasteiger partial charge in [-0.05, 0) is 27.7 Å². The van der Waals surface area contributed by atoms with Gasteiger partial charge in [-0.25, -0.2) is 0 Å². The molecule has 0 bridgehead atoms. The van der Waals surface area contributed by atoms with Gasteiger partial charge in [-0.15, -0.1) is 0 Å². The van der Waals surface area contributed by atoms with E-state index in [1.54, 1.807) is 6.92 Å². The van der Waals surface area contributed by atoms with Crippen LogP contribution in [0.5, 0.6) is 0 Å². The second kappa shape index (κ2) is 4.94. The zero-order chi connectivity index (χ0) is 11.5. The molecule has 0 saturated carbocycles. The molecule has 1 fully saturated rings. The molecular formula is C11H20O4. The van der Waals surface area contributed by atoms with E-state index in [1.165, 1.54) is 0 Å². The summed E-state index contributed by atoms with van der Waals surface area (Å²) in [6.45, 7) is 8.03. The standard InChI is InChI=1S/C11H20O4/c1-5-13-10(12)6-7-11(4)14-8(2)9(3)15-11/h8-9H,5-7H2,1-4H3/t8-,9-/m0/s1. The highest BCUT2D eigenvalue weighted by molar-refractivity contribution is 5.69. The van der Waals surface area contributed by atoms with Gasteiger partial charge in [-0.3, -0.25) is 4.79 Å². The molecule has 0 N–H and O–H groups in total. The Balaban J connectivity index is 2.35. The lowest BCUT2D eigenvalue weighted by molar-refractivity contribution is -0.171. The van der Waals surface area contributed by atoms with Crippen LogP contribution in [0.1, 0.15) is 40.5 Å².